The molecule has 1 aromatic carbocycles. The number of carbonyl (C=O) groups excluding carboxylic acids is 1. The van der Waals surface area contributed by atoms with Gasteiger partial charge in [0.2, 0.25) is 5.91 Å². The van der Waals surface area contributed by atoms with Crippen LogP contribution >= 0.6 is 11.3 Å². The number of amides is 1. The molecule has 2 aromatic rings. The molecular formula is C14H16N2O2S. The number of aromatic nitrogens is 1. The van der Waals surface area contributed by atoms with Crippen LogP contribution in [0, 0.1) is 6.92 Å². The van der Waals surface area contributed by atoms with E-state index in [9.17, 15) is 4.79 Å². The largest absolute Gasteiger partial charge is 0.396 e. The van der Waals surface area contributed by atoms with Crippen molar-refractivity contribution in [3.8, 4) is 0 Å². The molecule has 19 heavy (non-hydrogen) atoms. The van der Waals surface area contributed by atoms with Crippen molar-refractivity contribution in [2.75, 3.05) is 11.9 Å². The van der Waals surface area contributed by atoms with Crippen molar-refractivity contribution in [2.45, 2.75) is 19.8 Å². The van der Waals surface area contributed by atoms with Gasteiger partial charge in [-0.1, -0.05) is 12.1 Å². The normalized spacial score (nSPS) is 10.4. The number of nitrogens with one attached hydrogen (secondary N) is 1. The van der Waals surface area contributed by atoms with Crippen molar-refractivity contribution in [1.82, 2.24) is 4.98 Å². The van der Waals surface area contributed by atoms with Crippen LogP contribution in [0.1, 0.15) is 16.3 Å². The number of benzene rings is 1. The van der Waals surface area contributed by atoms with Gasteiger partial charge in [-0.3, -0.25) is 4.79 Å². The van der Waals surface area contributed by atoms with E-state index in [2.05, 4.69) is 10.3 Å². The molecule has 0 saturated carbocycles. The molecule has 0 saturated heterocycles. The number of rotatable bonds is 5. The van der Waals surface area contributed by atoms with E-state index in [0.717, 1.165) is 22.0 Å². The summed E-state index contributed by atoms with van der Waals surface area (Å²) in [6.07, 6.45) is 0.926. The van der Waals surface area contributed by atoms with E-state index in [1.807, 2.05) is 36.6 Å². The summed E-state index contributed by atoms with van der Waals surface area (Å²) in [4.78, 5) is 16.1. The van der Waals surface area contributed by atoms with Gasteiger partial charge in [0.05, 0.1) is 17.1 Å². The van der Waals surface area contributed by atoms with Gasteiger partial charge < -0.3 is 10.4 Å². The van der Waals surface area contributed by atoms with Crippen LogP contribution in [-0.4, -0.2) is 22.6 Å². The number of thiazole rings is 1. The Labute approximate surface area is 116 Å². The SMILES string of the molecule is Cc1nc(CC(=O)Nc2ccc(CCO)cc2)cs1. The second-order valence-electron chi connectivity index (χ2n) is 4.25. The van der Waals surface area contributed by atoms with Crippen LogP contribution in [0.4, 0.5) is 5.69 Å². The monoisotopic (exact) mass is 276 g/mol. The first kappa shape index (κ1) is 13.7. The van der Waals surface area contributed by atoms with E-state index in [1.54, 1.807) is 11.3 Å². The Hall–Kier alpha value is -1.72. The number of aliphatic hydroxyl groups excluding tert-OH is 1. The zero-order chi connectivity index (χ0) is 13.7. The number of aliphatic hydroxyl groups is 1. The van der Waals surface area contributed by atoms with E-state index in [1.165, 1.54) is 0 Å². The number of anilines is 1. The Bertz CT molecular complexity index is 549. The summed E-state index contributed by atoms with van der Waals surface area (Å²) in [6.45, 7) is 2.06. The summed E-state index contributed by atoms with van der Waals surface area (Å²) in [7, 11) is 0. The van der Waals surface area contributed by atoms with Crippen molar-refractivity contribution in [2.24, 2.45) is 0 Å². The van der Waals surface area contributed by atoms with Crippen LogP contribution in [0.15, 0.2) is 29.6 Å². The highest BCUT2D eigenvalue weighted by molar-refractivity contribution is 7.09. The molecular weight excluding hydrogens is 260 g/mol. The zero-order valence-corrected chi connectivity index (χ0v) is 11.5. The number of nitrogens with zero attached hydrogens (tertiary/aromatic N) is 1. The van der Waals surface area contributed by atoms with E-state index < -0.39 is 0 Å². The smallest absolute Gasteiger partial charge is 0.230 e. The van der Waals surface area contributed by atoms with Gasteiger partial charge in [-0.2, -0.15) is 0 Å². The van der Waals surface area contributed by atoms with Crippen LogP contribution in [0.25, 0.3) is 0 Å². The Morgan fingerprint density at radius 3 is 2.68 bits per heavy atom. The molecule has 0 unspecified atom stereocenters. The van der Waals surface area contributed by atoms with E-state index in [-0.39, 0.29) is 12.5 Å². The third-order valence-electron chi connectivity index (χ3n) is 2.65. The van der Waals surface area contributed by atoms with Crippen LogP contribution in [0.2, 0.25) is 0 Å². The molecule has 0 fully saturated rings. The molecule has 2 N–H and O–H groups in total. The van der Waals surface area contributed by atoms with Crippen molar-refractivity contribution >= 4 is 22.9 Å². The van der Waals surface area contributed by atoms with E-state index >= 15 is 0 Å². The molecule has 1 amide bonds. The van der Waals surface area contributed by atoms with Gasteiger partial charge in [0.1, 0.15) is 0 Å². The topological polar surface area (TPSA) is 62.2 Å². The fourth-order valence-corrected chi connectivity index (χ4v) is 2.36. The molecule has 0 atom stereocenters. The predicted molar refractivity (Wildman–Crippen MR) is 76.4 cm³/mol. The Morgan fingerprint density at radius 2 is 2.11 bits per heavy atom. The fraction of sp³-hybridized carbons (Fsp3) is 0.286. The first-order chi connectivity index (χ1) is 9.17. The minimum atomic E-state index is -0.0693. The van der Waals surface area contributed by atoms with Gasteiger partial charge in [0, 0.05) is 17.7 Å². The first-order valence-electron chi connectivity index (χ1n) is 6.08. The lowest BCUT2D eigenvalue weighted by molar-refractivity contribution is -0.115. The summed E-state index contributed by atoms with van der Waals surface area (Å²) < 4.78 is 0. The molecule has 5 heteroatoms. The number of carbonyl (C=O) groups is 1. The molecule has 0 bridgehead atoms. The highest BCUT2D eigenvalue weighted by Gasteiger charge is 2.06. The van der Waals surface area contributed by atoms with Crippen molar-refractivity contribution in [3.05, 3.63) is 45.9 Å². The molecule has 100 valence electrons. The van der Waals surface area contributed by atoms with Gasteiger partial charge >= 0.3 is 0 Å². The zero-order valence-electron chi connectivity index (χ0n) is 10.7. The Morgan fingerprint density at radius 1 is 1.37 bits per heavy atom. The maximum atomic E-state index is 11.8. The van der Waals surface area contributed by atoms with Crippen molar-refractivity contribution in [3.63, 3.8) is 0 Å². The molecule has 0 aliphatic rings. The van der Waals surface area contributed by atoms with Gasteiger partial charge in [-0.15, -0.1) is 11.3 Å². The number of hydrogen-bond acceptors (Lipinski definition) is 4. The fourth-order valence-electron chi connectivity index (χ4n) is 1.74. The summed E-state index contributed by atoms with van der Waals surface area (Å²) in [5, 5.41) is 14.5. The second-order valence-corrected chi connectivity index (χ2v) is 5.32. The number of hydrogen-bond donors (Lipinski definition) is 2. The Balaban J connectivity index is 1.91. The third-order valence-corrected chi connectivity index (χ3v) is 3.47. The average molecular weight is 276 g/mol. The lowest BCUT2D eigenvalue weighted by Crippen LogP contribution is -2.14. The van der Waals surface area contributed by atoms with Crippen LogP contribution < -0.4 is 5.32 Å². The van der Waals surface area contributed by atoms with Gasteiger partial charge in [0.25, 0.3) is 0 Å². The standard InChI is InChI=1S/C14H16N2O2S/c1-10-15-13(9-19-10)8-14(18)16-12-4-2-11(3-5-12)6-7-17/h2-5,9,17H,6-8H2,1H3,(H,16,18). The van der Waals surface area contributed by atoms with Crippen LogP contribution in [0.5, 0.6) is 0 Å². The summed E-state index contributed by atoms with van der Waals surface area (Å²) >= 11 is 1.55. The lowest BCUT2D eigenvalue weighted by Gasteiger charge is -2.05. The minimum absolute atomic E-state index is 0.0693. The second kappa shape index (κ2) is 6.45. The molecule has 0 aliphatic heterocycles. The quantitative estimate of drug-likeness (QED) is 0.879. The summed E-state index contributed by atoms with van der Waals surface area (Å²) in [6, 6.07) is 7.49. The lowest BCUT2D eigenvalue weighted by atomic mass is 10.1. The molecule has 0 aliphatic carbocycles. The van der Waals surface area contributed by atoms with Crippen LogP contribution in [0.3, 0.4) is 0 Å². The molecule has 1 aromatic heterocycles. The molecule has 2 rings (SSSR count). The van der Waals surface area contributed by atoms with Gasteiger partial charge in [-0.05, 0) is 31.0 Å². The number of aryl methyl sites for hydroxylation is 1. The molecule has 0 spiro atoms. The highest BCUT2D eigenvalue weighted by Crippen LogP contribution is 2.12. The first-order valence-corrected chi connectivity index (χ1v) is 6.96. The van der Waals surface area contributed by atoms with Gasteiger partial charge in [-0.25, -0.2) is 4.98 Å². The average Bonchev–Trinajstić information content (AvgIpc) is 2.77. The van der Waals surface area contributed by atoms with E-state index in [0.29, 0.717) is 12.8 Å². The maximum absolute atomic E-state index is 11.8. The van der Waals surface area contributed by atoms with Crippen molar-refractivity contribution < 1.29 is 9.90 Å². The maximum Gasteiger partial charge on any atom is 0.230 e. The predicted octanol–water partition coefficient (Wildman–Crippen LogP) is 2.17. The molecule has 1 heterocycles. The third kappa shape index (κ3) is 4.15. The highest BCUT2D eigenvalue weighted by atomic mass is 32.1. The summed E-state index contributed by atoms with van der Waals surface area (Å²) in [5.41, 5.74) is 2.62. The minimum Gasteiger partial charge on any atom is -0.396 e. The molecule has 0 radical (unpaired) electrons. The Kier molecular flexibility index (Phi) is 4.65. The van der Waals surface area contributed by atoms with E-state index in [4.69, 9.17) is 5.11 Å². The van der Waals surface area contributed by atoms with Gasteiger partial charge in [0.15, 0.2) is 0 Å². The van der Waals surface area contributed by atoms with Crippen LogP contribution in [-0.2, 0) is 17.6 Å². The summed E-state index contributed by atoms with van der Waals surface area (Å²) in [5.74, 6) is -0.0693. The van der Waals surface area contributed by atoms with Crippen molar-refractivity contribution in [1.29, 1.82) is 0 Å². The molecule has 4 nitrogen and oxygen atoms in total.